The number of aromatic nitrogens is 2. The van der Waals surface area contributed by atoms with Crippen molar-refractivity contribution in [3.8, 4) is 0 Å². The number of aryl methyl sites for hydroxylation is 1. The number of benzene rings is 1. The van der Waals surface area contributed by atoms with Gasteiger partial charge in [-0.1, -0.05) is 6.92 Å². The number of carbonyl (C=O) groups is 1. The first-order valence-corrected chi connectivity index (χ1v) is 8.84. The quantitative estimate of drug-likeness (QED) is 0.635. The first kappa shape index (κ1) is 18.7. The van der Waals surface area contributed by atoms with Crippen molar-refractivity contribution in [1.82, 2.24) is 14.9 Å². The van der Waals surface area contributed by atoms with Crippen LogP contribution in [0.4, 0.5) is 17.3 Å². The minimum Gasteiger partial charge on any atom is -0.338 e. The highest BCUT2D eigenvalue weighted by molar-refractivity contribution is 6.04. The number of nitrogens with zero attached hydrogens (tertiary/aromatic N) is 5. The number of hydrogen-bond acceptors (Lipinski definition) is 7. The van der Waals surface area contributed by atoms with Gasteiger partial charge in [0, 0.05) is 50.2 Å². The summed E-state index contributed by atoms with van der Waals surface area (Å²) in [6.45, 7) is 8.63. The van der Waals surface area contributed by atoms with Crippen molar-refractivity contribution in [3.63, 3.8) is 0 Å². The Morgan fingerprint density at radius 1 is 1.22 bits per heavy atom. The van der Waals surface area contributed by atoms with Gasteiger partial charge in [-0.05, 0) is 25.6 Å². The number of piperazine rings is 1. The second-order valence-corrected chi connectivity index (χ2v) is 6.35. The summed E-state index contributed by atoms with van der Waals surface area (Å²) in [5.41, 5.74) is 1.42. The second-order valence-electron chi connectivity index (χ2n) is 6.35. The van der Waals surface area contributed by atoms with Crippen LogP contribution in [0.1, 0.15) is 23.0 Å². The van der Waals surface area contributed by atoms with E-state index >= 15 is 0 Å². The van der Waals surface area contributed by atoms with Gasteiger partial charge in [0.2, 0.25) is 5.95 Å². The molecule has 2 heterocycles. The van der Waals surface area contributed by atoms with Crippen molar-refractivity contribution < 1.29 is 9.72 Å². The first-order chi connectivity index (χ1) is 13.0. The molecule has 0 spiro atoms. The van der Waals surface area contributed by atoms with Gasteiger partial charge >= 0.3 is 0 Å². The number of hydrogen-bond donors (Lipinski definition) is 1. The molecule has 1 aromatic heterocycles. The van der Waals surface area contributed by atoms with Crippen LogP contribution in [-0.4, -0.2) is 58.4 Å². The molecule has 1 aromatic carbocycles. The van der Waals surface area contributed by atoms with Gasteiger partial charge in [0.25, 0.3) is 11.6 Å². The molecule has 1 aliphatic heterocycles. The maximum Gasteiger partial charge on any atom is 0.269 e. The Kier molecular flexibility index (Phi) is 5.60. The van der Waals surface area contributed by atoms with Crippen molar-refractivity contribution in [2.75, 3.05) is 42.9 Å². The third-order valence-electron chi connectivity index (χ3n) is 4.65. The van der Waals surface area contributed by atoms with E-state index in [1.807, 2.05) is 0 Å². The van der Waals surface area contributed by atoms with E-state index in [-0.39, 0.29) is 11.6 Å². The van der Waals surface area contributed by atoms with E-state index in [2.05, 4.69) is 32.0 Å². The fourth-order valence-corrected chi connectivity index (χ4v) is 2.96. The number of non-ortho nitro benzene ring substituents is 1. The molecule has 0 saturated carbocycles. The summed E-state index contributed by atoms with van der Waals surface area (Å²) in [4.78, 5) is 36.0. The lowest BCUT2D eigenvalue weighted by Crippen LogP contribution is -2.46. The molecule has 0 bridgehead atoms. The topological polar surface area (TPSA) is 104 Å². The Bertz CT molecular complexity index is 831. The molecule has 0 unspecified atom stereocenters. The monoisotopic (exact) mass is 370 g/mol. The molecule has 3 rings (SSSR count). The van der Waals surface area contributed by atoms with Crippen molar-refractivity contribution >= 4 is 23.2 Å². The van der Waals surface area contributed by atoms with E-state index in [0.717, 1.165) is 32.7 Å². The average Bonchev–Trinajstić information content (AvgIpc) is 2.68. The van der Waals surface area contributed by atoms with Gasteiger partial charge in [0.05, 0.1) is 16.2 Å². The maximum absolute atomic E-state index is 12.5. The molecule has 9 nitrogen and oxygen atoms in total. The van der Waals surface area contributed by atoms with Crippen LogP contribution in [0.5, 0.6) is 0 Å². The average molecular weight is 370 g/mol. The third kappa shape index (κ3) is 4.37. The number of likely N-dealkylation sites (N-methyl/N-ethyl adjacent to an activating group) is 1. The SMILES string of the molecule is CCN1CCN(c2ncc(C(=O)Nc3ccc([N+](=O)[O-])cc3)c(C)n2)CC1. The molecule has 9 heteroatoms. The number of amides is 1. The first-order valence-electron chi connectivity index (χ1n) is 8.84. The number of nitro benzene ring substituents is 1. The smallest absolute Gasteiger partial charge is 0.269 e. The fraction of sp³-hybridized carbons (Fsp3) is 0.389. The molecule has 142 valence electrons. The van der Waals surface area contributed by atoms with Crippen molar-refractivity contribution in [2.45, 2.75) is 13.8 Å². The van der Waals surface area contributed by atoms with E-state index < -0.39 is 4.92 Å². The van der Waals surface area contributed by atoms with Crippen LogP contribution in [0, 0.1) is 17.0 Å². The zero-order valence-corrected chi connectivity index (χ0v) is 15.4. The highest BCUT2D eigenvalue weighted by Gasteiger charge is 2.20. The zero-order chi connectivity index (χ0) is 19.4. The lowest BCUT2D eigenvalue weighted by molar-refractivity contribution is -0.384. The van der Waals surface area contributed by atoms with Gasteiger partial charge in [-0.15, -0.1) is 0 Å². The summed E-state index contributed by atoms with van der Waals surface area (Å²) in [5, 5.41) is 13.4. The van der Waals surface area contributed by atoms with Crippen molar-refractivity contribution in [2.24, 2.45) is 0 Å². The number of carbonyl (C=O) groups excluding carboxylic acids is 1. The van der Waals surface area contributed by atoms with E-state index in [4.69, 9.17) is 0 Å². The van der Waals surface area contributed by atoms with Crippen LogP contribution in [0.3, 0.4) is 0 Å². The molecule has 2 aromatic rings. The van der Waals surface area contributed by atoms with Crippen molar-refractivity contribution in [1.29, 1.82) is 0 Å². The molecule has 0 aliphatic carbocycles. The van der Waals surface area contributed by atoms with Crippen LogP contribution in [-0.2, 0) is 0 Å². The minimum absolute atomic E-state index is 0.0277. The predicted octanol–water partition coefficient (Wildman–Crippen LogP) is 2.09. The molecule has 1 amide bonds. The summed E-state index contributed by atoms with van der Waals surface area (Å²) in [5.74, 6) is 0.291. The van der Waals surface area contributed by atoms with E-state index in [0.29, 0.717) is 22.9 Å². The molecule has 1 N–H and O–H groups in total. The van der Waals surface area contributed by atoms with Crippen LogP contribution in [0.25, 0.3) is 0 Å². The Labute approximate surface area is 157 Å². The molecule has 1 aliphatic rings. The minimum atomic E-state index is -0.483. The van der Waals surface area contributed by atoms with Crippen LogP contribution in [0.2, 0.25) is 0 Å². The highest BCUT2D eigenvalue weighted by atomic mass is 16.6. The standard InChI is InChI=1S/C18H22N6O3/c1-3-22-8-10-23(11-9-22)18-19-12-16(13(2)20-18)17(25)21-14-4-6-15(7-5-14)24(26)27/h4-7,12H,3,8-11H2,1-2H3,(H,21,25). The fourth-order valence-electron chi connectivity index (χ4n) is 2.96. The van der Waals surface area contributed by atoms with E-state index in [9.17, 15) is 14.9 Å². The van der Waals surface area contributed by atoms with E-state index in [1.54, 1.807) is 6.92 Å². The van der Waals surface area contributed by atoms with Gasteiger partial charge in [-0.2, -0.15) is 0 Å². The zero-order valence-electron chi connectivity index (χ0n) is 15.4. The normalized spacial score (nSPS) is 14.8. The van der Waals surface area contributed by atoms with Gasteiger partial charge in [0.15, 0.2) is 0 Å². The number of rotatable bonds is 5. The highest BCUT2D eigenvalue weighted by Crippen LogP contribution is 2.18. The lowest BCUT2D eigenvalue weighted by Gasteiger charge is -2.34. The Morgan fingerprint density at radius 2 is 1.89 bits per heavy atom. The summed E-state index contributed by atoms with van der Waals surface area (Å²) in [6, 6.07) is 5.68. The molecule has 0 atom stereocenters. The third-order valence-corrected chi connectivity index (χ3v) is 4.65. The van der Waals surface area contributed by atoms with Crippen molar-refractivity contribution in [3.05, 3.63) is 51.8 Å². The molecular weight excluding hydrogens is 348 g/mol. The summed E-state index contributed by atoms with van der Waals surface area (Å²) >= 11 is 0. The molecule has 1 saturated heterocycles. The summed E-state index contributed by atoms with van der Waals surface area (Å²) in [6.07, 6.45) is 1.53. The summed E-state index contributed by atoms with van der Waals surface area (Å²) in [7, 11) is 0. The van der Waals surface area contributed by atoms with Crippen LogP contribution in [0.15, 0.2) is 30.5 Å². The molecule has 0 radical (unpaired) electrons. The Morgan fingerprint density at radius 3 is 2.44 bits per heavy atom. The molecule has 1 fully saturated rings. The number of nitro groups is 1. The van der Waals surface area contributed by atoms with Gasteiger partial charge in [-0.3, -0.25) is 14.9 Å². The Balaban J connectivity index is 1.68. The lowest BCUT2D eigenvalue weighted by atomic mass is 10.2. The van der Waals surface area contributed by atoms with Crippen LogP contribution >= 0.6 is 0 Å². The largest absolute Gasteiger partial charge is 0.338 e. The van der Waals surface area contributed by atoms with Crippen LogP contribution < -0.4 is 10.2 Å². The van der Waals surface area contributed by atoms with Gasteiger partial charge < -0.3 is 15.1 Å². The van der Waals surface area contributed by atoms with Gasteiger partial charge in [-0.25, -0.2) is 9.97 Å². The predicted molar refractivity (Wildman–Crippen MR) is 102 cm³/mol. The number of anilines is 2. The molecule has 27 heavy (non-hydrogen) atoms. The van der Waals surface area contributed by atoms with Gasteiger partial charge in [0.1, 0.15) is 0 Å². The number of nitrogens with one attached hydrogen (secondary N) is 1. The maximum atomic E-state index is 12.5. The van der Waals surface area contributed by atoms with E-state index in [1.165, 1.54) is 30.5 Å². The molecular formula is C18H22N6O3. The summed E-state index contributed by atoms with van der Waals surface area (Å²) < 4.78 is 0. The Hall–Kier alpha value is -3.07. The second kappa shape index (κ2) is 8.09.